The van der Waals surface area contributed by atoms with Gasteiger partial charge in [-0.3, -0.25) is 4.79 Å². The van der Waals surface area contributed by atoms with Gasteiger partial charge in [-0.25, -0.2) is 10.8 Å². The molecule has 0 aliphatic rings. The van der Waals surface area contributed by atoms with Crippen molar-refractivity contribution in [2.24, 2.45) is 5.84 Å². The van der Waals surface area contributed by atoms with E-state index in [2.05, 4.69) is 9.82 Å². The Morgan fingerprint density at radius 3 is 3.12 bits per heavy atom. The Morgan fingerprint density at radius 2 is 2.31 bits per heavy atom. The van der Waals surface area contributed by atoms with Crippen LogP contribution in [0.2, 0.25) is 0 Å². The van der Waals surface area contributed by atoms with Gasteiger partial charge in [0.15, 0.2) is 0 Å². The third kappa shape index (κ3) is 2.18. The Labute approximate surface area is 91.9 Å². The predicted molar refractivity (Wildman–Crippen MR) is 57.8 cm³/mol. The number of aryl methyl sites for hydroxylation is 1. The summed E-state index contributed by atoms with van der Waals surface area (Å²) < 4.78 is 1.90. The zero-order chi connectivity index (χ0) is 11.4. The molecule has 0 saturated heterocycles. The van der Waals surface area contributed by atoms with Crippen LogP contribution >= 0.6 is 0 Å². The summed E-state index contributed by atoms with van der Waals surface area (Å²) in [5.41, 5.74) is 3.77. The number of aromatic nitrogens is 2. The molecule has 0 saturated carbocycles. The number of nitrogens with zero attached hydrogens (tertiary/aromatic N) is 2. The fraction of sp³-hybridized carbons (Fsp3) is 0.200. The van der Waals surface area contributed by atoms with Gasteiger partial charge in [0, 0.05) is 6.54 Å². The maximum Gasteiger partial charge on any atom is 0.328 e. The summed E-state index contributed by atoms with van der Waals surface area (Å²) in [6, 6.07) is 7.73. The maximum absolute atomic E-state index is 11.1. The van der Waals surface area contributed by atoms with Crippen LogP contribution in [0.15, 0.2) is 30.6 Å². The van der Waals surface area contributed by atoms with Crippen molar-refractivity contribution in [1.29, 1.82) is 0 Å². The van der Waals surface area contributed by atoms with Gasteiger partial charge in [-0.2, -0.15) is 0 Å². The number of carbonyl (C=O) groups is 1. The molecule has 1 aromatic carbocycles. The minimum atomic E-state index is -0.403. The van der Waals surface area contributed by atoms with Gasteiger partial charge < -0.3 is 9.40 Å². The van der Waals surface area contributed by atoms with Crippen molar-refractivity contribution in [3.63, 3.8) is 0 Å². The van der Waals surface area contributed by atoms with Crippen LogP contribution < -0.4 is 11.4 Å². The van der Waals surface area contributed by atoms with Gasteiger partial charge >= 0.3 is 5.97 Å². The molecule has 0 spiro atoms. The molecular weight excluding hydrogens is 208 g/mol. The van der Waals surface area contributed by atoms with Crippen molar-refractivity contribution in [3.8, 4) is 0 Å². The molecule has 0 fully saturated rings. The molecular formula is C10H12N4O2. The van der Waals surface area contributed by atoms with E-state index in [0.29, 0.717) is 6.54 Å². The van der Waals surface area contributed by atoms with E-state index in [1.165, 1.54) is 0 Å². The second kappa shape index (κ2) is 4.73. The van der Waals surface area contributed by atoms with Crippen LogP contribution in [0.5, 0.6) is 0 Å². The standard InChI is InChI=1S/C10H12N4O2/c11-13-16-10(15)5-6-14-7-12-8-3-1-2-4-9(8)14/h1-4,7,13H,5-6,11H2. The number of hydrogen-bond acceptors (Lipinski definition) is 5. The molecule has 0 atom stereocenters. The second-order valence-electron chi connectivity index (χ2n) is 3.27. The number of carbonyl (C=O) groups excluding carboxylic acids is 1. The van der Waals surface area contributed by atoms with E-state index in [0.717, 1.165) is 11.0 Å². The first-order valence-electron chi connectivity index (χ1n) is 4.86. The number of nitrogens with two attached hydrogens (primary N) is 1. The van der Waals surface area contributed by atoms with Crippen LogP contribution in [0, 0.1) is 0 Å². The van der Waals surface area contributed by atoms with Crippen molar-refractivity contribution in [2.75, 3.05) is 0 Å². The lowest BCUT2D eigenvalue weighted by atomic mass is 10.3. The fourth-order valence-electron chi connectivity index (χ4n) is 1.52. The number of rotatable bonds is 4. The number of hydrazine groups is 1. The summed E-state index contributed by atoms with van der Waals surface area (Å²) >= 11 is 0. The zero-order valence-electron chi connectivity index (χ0n) is 8.59. The van der Waals surface area contributed by atoms with Crippen LogP contribution in [0.3, 0.4) is 0 Å². The zero-order valence-corrected chi connectivity index (χ0v) is 8.59. The largest absolute Gasteiger partial charge is 0.356 e. The molecule has 6 nitrogen and oxygen atoms in total. The molecule has 0 bridgehead atoms. The molecule has 16 heavy (non-hydrogen) atoms. The first-order chi connectivity index (χ1) is 7.81. The van der Waals surface area contributed by atoms with Crippen molar-refractivity contribution in [1.82, 2.24) is 15.1 Å². The summed E-state index contributed by atoms with van der Waals surface area (Å²) in [4.78, 5) is 19.7. The summed E-state index contributed by atoms with van der Waals surface area (Å²) in [5, 5.41) is 0. The fourth-order valence-corrected chi connectivity index (χ4v) is 1.52. The smallest absolute Gasteiger partial charge is 0.328 e. The van der Waals surface area contributed by atoms with Crippen LogP contribution in [0.4, 0.5) is 0 Å². The second-order valence-corrected chi connectivity index (χ2v) is 3.27. The Morgan fingerprint density at radius 1 is 1.50 bits per heavy atom. The van der Waals surface area contributed by atoms with E-state index < -0.39 is 5.97 Å². The quantitative estimate of drug-likeness (QED) is 0.573. The highest BCUT2D eigenvalue weighted by Crippen LogP contribution is 2.11. The van der Waals surface area contributed by atoms with E-state index in [4.69, 9.17) is 5.84 Å². The highest BCUT2D eigenvalue weighted by molar-refractivity contribution is 5.75. The molecule has 0 unspecified atom stereocenters. The average molecular weight is 220 g/mol. The minimum Gasteiger partial charge on any atom is -0.356 e. The minimum absolute atomic E-state index is 0.241. The third-order valence-electron chi connectivity index (χ3n) is 2.26. The highest BCUT2D eigenvalue weighted by atomic mass is 16.7. The lowest BCUT2D eigenvalue weighted by Gasteiger charge is -2.03. The lowest BCUT2D eigenvalue weighted by Crippen LogP contribution is -2.26. The predicted octanol–water partition coefficient (Wildman–Crippen LogP) is 0.348. The maximum atomic E-state index is 11.1. The summed E-state index contributed by atoms with van der Waals surface area (Å²) in [7, 11) is 0. The van der Waals surface area contributed by atoms with Crippen LogP contribution in [-0.2, 0) is 16.2 Å². The molecule has 2 rings (SSSR count). The number of fused-ring (bicyclic) bond motifs is 1. The van der Waals surface area contributed by atoms with Crippen LogP contribution in [0.1, 0.15) is 6.42 Å². The molecule has 0 amide bonds. The van der Waals surface area contributed by atoms with Gasteiger partial charge in [0.1, 0.15) is 0 Å². The van der Waals surface area contributed by atoms with Gasteiger partial charge in [-0.15, -0.1) is 0 Å². The molecule has 2 aromatic rings. The molecule has 6 heteroatoms. The van der Waals surface area contributed by atoms with Crippen molar-refractivity contribution >= 4 is 17.0 Å². The number of hydrogen-bond donors (Lipinski definition) is 2. The van der Waals surface area contributed by atoms with Crippen molar-refractivity contribution < 1.29 is 9.63 Å². The van der Waals surface area contributed by atoms with Gasteiger partial charge in [-0.1, -0.05) is 17.7 Å². The number of para-hydroxylation sites is 2. The van der Waals surface area contributed by atoms with E-state index in [1.54, 1.807) is 6.33 Å². The molecule has 84 valence electrons. The Kier molecular flexibility index (Phi) is 3.13. The average Bonchev–Trinajstić information content (AvgIpc) is 2.70. The van der Waals surface area contributed by atoms with E-state index in [9.17, 15) is 4.79 Å². The van der Waals surface area contributed by atoms with Gasteiger partial charge in [0.2, 0.25) is 0 Å². The monoisotopic (exact) mass is 220 g/mol. The van der Waals surface area contributed by atoms with Gasteiger partial charge in [0.05, 0.1) is 23.8 Å². The topological polar surface area (TPSA) is 82.2 Å². The Balaban J connectivity index is 2.07. The van der Waals surface area contributed by atoms with Gasteiger partial charge in [-0.05, 0) is 12.1 Å². The first-order valence-corrected chi connectivity index (χ1v) is 4.86. The first kappa shape index (κ1) is 10.6. The SMILES string of the molecule is NNOC(=O)CCn1cnc2ccccc21. The molecule has 0 radical (unpaired) electrons. The van der Waals surface area contributed by atoms with Crippen molar-refractivity contribution in [3.05, 3.63) is 30.6 Å². The number of nitrogens with one attached hydrogen (secondary N) is 1. The summed E-state index contributed by atoms with van der Waals surface area (Å²) in [5.74, 6) is 4.45. The Hall–Kier alpha value is -1.92. The molecule has 3 N–H and O–H groups in total. The highest BCUT2D eigenvalue weighted by Gasteiger charge is 2.05. The summed E-state index contributed by atoms with van der Waals surface area (Å²) in [6.45, 7) is 0.515. The molecule has 0 aliphatic carbocycles. The van der Waals surface area contributed by atoms with Crippen LogP contribution in [0.25, 0.3) is 11.0 Å². The van der Waals surface area contributed by atoms with E-state index >= 15 is 0 Å². The van der Waals surface area contributed by atoms with Crippen molar-refractivity contribution in [2.45, 2.75) is 13.0 Å². The van der Waals surface area contributed by atoms with Gasteiger partial charge in [0.25, 0.3) is 0 Å². The lowest BCUT2D eigenvalue weighted by molar-refractivity contribution is -0.151. The van der Waals surface area contributed by atoms with E-state index in [-0.39, 0.29) is 6.42 Å². The van der Waals surface area contributed by atoms with Crippen LogP contribution in [-0.4, -0.2) is 15.5 Å². The van der Waals surface area contributed by atoms with E-state index in [1.807, 2.05) is 34.4 Å². The molecule has 1 aromatic heterocycles. The third-order valence-corrected chi connectivity index (χ3v) is 2.26. The number of benzene rings is 1. The summed E-state index contributed by atoms with van der Waals surface area (Å²) in [6.07, 6.45) is 1.94. The molecule has 0 aliphatic heterocycles. The number of imidazole rings is 1. The Bertz CT molecular complexity index is 494. The molecule has 1 heterocycles. The normalized spacial score (nSPS) is 10.6.